The predicted molar refractivity (Wildman–Crippen MR) is 64.2 cm³/mol. The average Bonchev–Trinajstić information content (AvgIpc) is 2.16. The molecule has 0 spiro atoms. The van der Waals surface area contributed by atoms with E-state index in [0.29, 0.717) is 0 Å². The van der Waals surface area contributed by atoms with Crippen molar-refractivity contribution >= 4 is 11.3 Å². The third kappa shape index (κ3) is 1.87. The van der Waals surface area contributed by atoms with Crippen molar-refractivity contribution in [2.75, 3.05) is 5.73 Å². The third-order valence-electron chi connectivity index (χ3n) is 2.46. The summed E-state index contributed by atoms with van der Waals surface area (Å²) in [6, 6.07) is 4.19. The van der Waals surface area contributed by atoms with Crippen LogP contribution in [0.2, 0.25) is 0 Å². The lowest BCUT2D eigenvalue weighted by Crippen LogP contribution is -1.95. The van der Waals surface area contributed by atoms with Crippen molar-refractivity contribution in [1.29, 1.82) is 0 Å². The van der Waals surface area contributed by atoms with Crippen LogP contribution in [0.1, 0.15) is 23.6 Å². The van der Waals surface area contributed by atoms with E-state index in [1.165, 1.54) is 5.56 Å². The number of nitrogens with two attached hydrogens (primary N) is 1. The monoisotopic (exact) mass is 187 g/mol. The van der Waals surface area contributed by atoms with E-state index < -0.39 is 0 Å². The van der Waals surface area contributed by atoms with Crippen LogP contribution in [0, 0.1) is 13.8 Å². The van der Waals surface area contributed by atoms with Gasteiger partial charge in [-0.3, -0.25) is 0 Å². The smallest absolute Gasteiger partial charge is 0.0373 e. The highest BCUT2D eigenvalue weighted by Gasteiger charge is 2.02. The Labute approximate surface area is 85.9 Å². The van der Waals surface area contributed by atoms with Crippen LogP contribution in [0.5, 0.6) is 0 Å². The molecule has 0 aliphatic heterocycles. The second-order valence-corrected chi connectivity index (χ2v) is 3.47. The molecule has 0 aliphatic carbocycles. The van der Waals surface area contributed by atoms with Crippen LogP contribution in [-0.2, 0) is 0 Å². The molecule has 1 rings (SSSR count). The van der Waals surface area contributed by atoms with E-state index in [2.05, 4.69) is 24.8 Å². The molecule has 0 fully saturated rings. The van der Waals surface area contributed by atoms with E-state index in [9.17, 15) is 0 Å². The van der Waals surface area contributed by atoms with E-state index >= 15 is 0 Å². The molecule has 0 unspecified atom stereocenters. The molecule has 1 aromatic carbocycles. The second-order valence-electron chi connectivity index (χ2n) is 3.47. The van der Waals surface area contributed by atoms with Crippen LogP contribution in [-0.4, -0.2) is 0 Å². The van der Waals surface area contributed by atoms with Gasteiger partial charge >= 0.3 is 0 Å². The summed E-state index contributed by atoms with van der Waals surface area (Å²) in [6.07, 6.45) is 3.92. The lowest BCUT2D eigenvalue weighted by molar-refractivity contribution is 1.37. The average molecular weight is 187 g/mol. The van der Waals surface area contributed by atoms with Crippen LogP contribution in [0.3, 0.4) is 0 Å². The third-order valence-corrected chi connectivity index (χ3v) is 2.46. The Morgan fingerprint density at radius 2 is 1.79 bits per heavy atom. The molecule has 0 saturated heterocycles. The number of anilines is 1. The van der Waals surface area contributed by atoms with Gasteiger partial charge in [0.15, 0.2) is 0 Å². The minimum Gasteiger partial charge on any atom is -0.398 e. The summed E-state index contributed by atoms with van der Waals surface area (Å²) >= 11 is 0. The molecule has 0 heterocycles. The molecule has 0 amide bonds. The molecule has 0 saturated carbocycles. The molecule has 2 N–H and O–H groups in total. The molecule has 0 atom stereocenters. The summed E-state index contributed by atoms with van der Waals surface area (Å²) in [7, 11) is 0. The van der Waals surface area contributed by atoms with Crippen molar-refractivity contribution in [3.63, 3.8) is 0 Å². The molecule has 14 heavy (non-hydrogen) atoms. The highest BCUT2D eigenvalue weighted by Crippen LogP contribution is 2.23. The molecule has 0 bridgehead atoms. The molecule has 0 radical (unpaired) electrons. The van der Waals surface area contributed by atoms with Crippen molar-refractivity contribution in [2.24, 2.45) is 0 Å². The molecule has 1 heteroatoms. The Hall–Kier alpha value is -1.50. The summed E-state index contributed by atoms with van der Waals surface area (Å²) in [6.45, 7) is 9.86. The number of allylic oxidation sites excluding steroid dienone is 3. The van der Waals surface area contributed by atoms with Gasteiger partial charge in [-0.15, -0.1) is 0 Å². The topological polar surface area (TPSA) is 26.0 Å². The first kappa shape index (κ1) is 10.6. The Kier molecular flexibility index (Phi) is 3.13. The van der Waals surface area contributed by atoms with Gasteiger partial charge in [0.05, 0.1) is 0 Å². The summed E-state index contributed by atoms with van der Waals surface area (Å²) in [5, 5.41) is 0. The van der Waals surface area contributed by atoms with Gasteiger partial charge in [-0.05, 0) is 55.2 Å². The summed E-state index contributed by atoms with van der Waals surface area (Å²) < 4.78 is 0. The summed E-state index contributed by atoms with van der Waals surface area (Å²) in [5.74, 6) is 0. The lowest BCUT2D eigenvalue weighted by atomic mass is 9.99. The fourth-order valence-electron chi connectivity index (χ4n) is 1.54. The van der Waals surface area contributed by atoms with E-state index in [4.69, 9.17) is 5.73 Å². The largest absolute Gasteiger partial charge is 0.398 e. The molecular formula is C13H17N. The van der Waals surface area contributed by atoms with E-state index in [1.54, 1.807) is 0 Å². The van der Waals surface area contributed by atoms with Crippen LogP contribution in [0.4, 0.5) is 5.69 Å². The maximum absolute atomic E-state index is 5.89. The molecule has 74 valence electrons. The van der Waals surface area contributed by atoms with E-state index in [-0.39, 0.29) is 0 Å². The van der Waals surface area contributed by atoms with Crippen LogP contribution < -0.4 is 5.73 Å². The predicted octanol–water partition coefficient (Wildman–Crippen LogP) is 3.47. The zero-order chi connectivity index (χ0) is 10.7. The van der Waals surface area contributed by atoms with Crippen LogP contribution >= 0.6 is 0 Å². The fourth-order valence-corrected chi connectivity index (χ4v) is 1.54. The number of aryl methyl sites for hydroxylation is 2. The van der Waals surface area contributed by atoms with E-state index in [1.807, 2.05) is 26.8 Å². The Morgan fingerprint density at radius 1 is 1.29 bits per heavy atom. The maximum atomic E-state index is 5.89. The van der Waals surface area contributed by atoms with Crippen LogP contribution in [0.25, 0.3) is 5.57 Å². The first-order valence-electron chi connectivity index (χ1n) is 4.76. The molecule has 0 aromatic heterocycles. The minimum absolute atomic E-state index is 0.883. The number of benzene rings is 1. The molecule has 1 aromatic rings. The van der Waals surface area contributed by atoms with Crippen molar-refractivity contribution in [3.05, 3.63) is 47.6 Å². The molecule has 0 aliphatic rings. The molecular weight excluding hydrogens is 170 g/mol. The number of rotatable bonds is 2. The van der Waals surface area contributed by atoms with Crippen LogP contribution in [0.15, 0.2) is 30.9 Å². The number of hydrogen-bond acceptors (Lipinski definition) is 1. The van der Waals surface area contributed by atoms with Crippen molar-refractivity contribution in [1.82, 2.24) is 0 Å². The fraction of sp³-hybridized carbons (Fsp3) is 0.231. The van der Waals surface area contributed by atoms with Gasteiger partial charge in [-0.25, -0.2) is 0 Å². The van der Waals surface area contributed by atoms with Gasteiger partial charge in [0, 0.05) is 5.69 Å². The zero-order valence-corrected chi connectivity index (χ0v) is 9.09. The first-order chi connectivity index (χ1) is 6.60. The van der Waals surface area contributed by atoms with Crippen molar-refractivity contribution in [2.45, 2.75) is 20.8 Å². The first-order valence-corrected chi connectivity index (χ1v) is 4.76. The SMILES string of the molecule is C=C/C(=C\C)c1cc(C)c(N)c(C)c1. The van der Waals surface area contributed by atoms with Crippen molar-refractivity contribution in [3.8, 4) is 0 Å². The Balaban J connectivity index is 3.32. The van der Waals surface area contributed by atoms with Gasteiger partial charge in [0.1, 0.15) is 0 Å². The standard InChI is InChI=1S/C13H17N/c1-5-11(6-2)12-7-9(3)13(14)10(4)8-12/h5-8H,1,14H2,2-4H3/b11-6+. The Bertz CT molecular complexity index is 363. The Morgan fingerprint density at radius 3 is 2.14 bits per heavy atom. The maximum Gasteiger partial charge on any atom is 0.0373 e. The quantitative estimate of drug-likeness (QED) is 0.556. The normalized spacial score (nSPS) is 11.5. The molecule has 1 nitrogen and oxygen atoms in total. The van der Waals surface area contributed by atoms with Crippen molar-refractivity contribution < 1.29 is 0 Å². The van der Waals surface area contributed by atoms with Gasteiger partial charge in [0.2, 0.25) is 0 Å². The van der Waals surface area contributed by atoms with Gasteiger partial charge in [0.25, 0.3) is 0 Å². The number of nitrogen functional groups attached to an aromatic ring is 1. The second kappa shape index (κ2) is 4.14. The van der Waals surface area contributed by atoms with Gasteiger partial charge in [-0.2, -0.15) is 0 Å². The van der Waals surface area contributed by atoms with Gasteiger partial charge < -0.3 is 5.73 Å². The summed E-state index contributed by atoms with van der Waals surface area (Å²) in [4.78, 5) is 0. The number of hydrogen-bond donors (Lipinski definition) is 1. The minimum atomic E-state index is 0.883. The lowest BCUT2D eigenvalue weighted by Gasteiger charge is -2.09. The van der Waals surface area contributed by atoms with Gasteiger partial charge in [-0.1, -0.05) is 18.7 Å². The summed E-state index contributed by atoms with van der Waals surface area (Å²) in [5.41, 5.74) is 11.4. The highest BCUT2D eigenvalue weighted by molar-refractivity contribution is 5.76. The highest BCUT2D eigenvalue weighted by atomic mass is 14.6. The zero-order valence-electron chi connectivity index (χ0n) is 9.09. The van der Waals surface area contributed by atoms with E-state index in [0.717, 1.165) is 22.4 Å².